The van der Waals surface area contributed by atoms with Crippen LogP contribution < -0.4 is 5.32 Å². The summed E-state index contributed by atoms with van der Waals surface area (Å²) >= 11 is 1.50. The van der Waals surface area contributed by atoms with Crippen molar-refractivity contribution in [3.05, 3.63) is 23.5 Å². The minimum Gasteiger partial charge on any atom is -0.354 e. The summed E-state index contributed by atoms with van der Waals surface area (Å²) in [5.41, 5.74) is 2.89. The summed E-state index contributed by atoms with van der Waals surface area (Å²) in [4.78, 5) is 0. The zero-order chi connectivity index (χ0) is 10.5. The van der Waals surface area contributed by atoms with E-state index in [0.717, 1.165) is 24.6 Å². The smallest absolute Gasteiger partial charge is 0.205 e. The molecule has 0 unspecified atom stereocenters. The molecule has 5 nitrogen and oxygen atoms in total. The van der Waals surface area contributed by atoms with Gasteiger partial charge in [-0.2, -0.15) is 5.10 Å². The van der Waals surface area contributed by atoms with Gasteiger partial charge in [0.25, 0.3) is 0 Å². The summed E-state index contributed by atoms with van der Waals surface area (Å²) < 4.78 is 2.01. The molecule has 0 aromatic carbocycles. The highest BCUT2D eigenvalue weighted by Crippen LogP contribution is 2.10. The second-order valence-electron chi connectivity index (χ2n) is 3.14. The SMILES string of the molecule is CCCn1nccc1CNc1nncs1. The van der Waals surface area contributed by atoms with Crippen LogP contribution in [0.3, 0.4) is 0 Å². The number of nitrogens with zero attached hydrogens (tertiary/aromatic N) is 4. The zero-order valence-electron chi connectivity index (χ0n) is 8.55. The quantitative estimate of drug-likeness (QED) is 0.839. The zero-order valence-corrected chi connectivity index (χ0v) is 9.37. The summed E-state index contributed by atoms with van der Waals surface area (Å²) in [6.07, 6.45) is 2.92. The average molecular weight is 223 g/mol. The van der Waals surface area contributed by atoms with Crippen LogP contribution >= 0.6 is 11.3 Å². The second kappa shape index (κ2) is 4.88. The molecular weight excluding hydrogens is 210 g/mol. The number of aromatic nitrogens is 4. The summed E-state index contributed by atoms with van der Waals surface area (Å²) in [5, 5.41) is 16.0. The van der Waals surface area contributed by atoms with Crippen molar-refractivity contribution in [3.8, 4) is 0 Å². The number of anilines is 1. The fourth-order valence-electron chi connectivity index (χ4n) is 1.34. The molecule has 0 saturated carbocycles. The Morgan fingerprint density at radius 1 is 1.53 bits per heavy atom. The highest BCUT2D eigenvalue weighted by molar-refractivity contribution is 7.13. The lowest BCUT2D eigenvalue weighted by molar-refractivity contribution is 0.578. The molecule has 2 aromatic rings. The van der Waals surface area contributed by atoms with Crippen LogP contribution in [0.4, 0.5) is 5.13 Å². The molecule has 0 atom stereocenters. The molecule has 0 aliphatic heterocycles. The summed E-state index contributed by atoms with van der Waals surface area (Å²) in [6.45, 7) is 3.85. The van der Waals surface area contributed by atoms with Gasteiger partial charge in [-0.15, -0.1) is 10.2 Å². The van der Waals surface area contributed by atoms with Crippen molar-refractivity contribution < 1.29 is 0 Å². The molecule has 0 amide bonds. The minimum absolute atomic E-state index is 0.745. The number of aryl methyl sites for hydroxylation is 1. The summed E-state index contributed by atoms with van der Waals surface area (Å²) in [7, 11) is 0. The fourth-order valence-corrected chi connectivity index (χ4v) is 1.78. The Balaban J connectivity index is 1.95. The molecule has 2 rings (SSSR count). The number of nitrogens with one attached hydrogen (secondary N) is 1. The first-order valence-electron chi connectivity index (χ1n) is 4.91. The molecular formula is C9H13N5S. The van der Waals surface area contributed by atoms with Gasteiger partial charge in [0.15, 0.2) is 0 Å². The van der Waals surface area contributed by atoms with E-state index in [1.54, 1.807) is 5.51 Å². The molecule has 2 aromatic heterocycles. The predicted molar refractivity (Wildman–Crippen MR) is 59.8 cm³/mol. The van der Waals surface area contributed by atoms with Gasteiger partial charge in [0.05, 0.1) is 12.2 Å². The van der Waals surface area contributed by atoms with E-state index in [2.05, 4.69) is 27.5 Å². The molecule has 0 spiro atoms. The van der Waals surface area contributed by atoms with E-state index in [0.29, 0.717) is 0 Å². The highest BCUT2D eigenvalue weighted by Gasteiger charge is 2.02. The third kappa shape index (κ3) is 2.53. The maximum atomic E-state index is 4.25. The van der Waals surface area contributed by atoms with Crippen LogP contribution in [0.5, 0.6) is 0 Å². The Morgan fingerprint density at radius 2 is 2.47 bits per heavy atom. The van der Waals surface area contributed by atoms with Crippen molar-refractivity contribution in [2.75, 3.05) is 5.32 Å². The van der Waals surface area contributed by atoms with Gasteiger partial charge in [-0.25, -0.2) is 0 Å². The van der Waals surface area contributed by atoms with Crippen molar-refractivity contribution in [3.63, 3.8) is 0 Å². The van der Waals surface area contributed by atoms with E-state index < -0.39 is 0 Å². The van der Waals surface area contributed by atoms with E-state index in [9.17, 15) is 0 Å². The standard InChI is InChI=1S/C9H13N5S/c1-2-5-14-8(3-4-12-14)6-10-9-13-11-7-15-9/h3-4,7H,2,5-6H2,1H3,(H,10,13). The Kier molecular flexibility index (Phi) is 3.29. The molecule has 2 heterocycles. The van der Waals surface area contributed by atoms with Gasteiger partial charge in [0.2, 0.25) is 5.13 Å². The van der Waals surface area contributed by atoms with E-state index in [-0.39, 0.29) is 0 Å². The lowest BCUT2D eigenvalue weighted by Gasteiger charge is -2.05. The van der Waals surface area contributed by atoms with Crippen molar-refractivity contribution in [1.29, 1.82) is 0 Å². The Labute approximate surface area is 92.2 Å². The van der Waals surface area contributed by atoms with Crippen LogP contribution in [-0.2, 0) is 13.1 Å². The number of hydrogen-bond donors (Lipinski definition) is 1. The van der Waals surface area contributed by atoms with E-state index in [1.165, 1.54) is 17.0 Å². The van der Waals surface area contributed by atoms with Crippen LogP contribution in [0.15, 0.2) is 17.8 Å². The van der Waals surface area contributed by atoms with Crippen LogP contribution in [-0.4, -0.2) is 20.0 Å². The van der Waals surface area contributed by atoms with Crippen LogP contribution in [0.25, 0.3) is 0 Å². The predicted octanol–water partition coefficient (Wildman–Crippen LogP) is 1.76. The molecule has 6 heteroatoms. The van der Waals surface area contributed by atoms with Crippen molar-refractivity contribution in [1.82, 2.24) is 20.0 Å². The number of hydrogen-bond acceptors (Lipinski definition) is 5. The first-order chi connectivity index (χ1) is 7.40. The number of rotatable bonds is 5. The van der Waals surface area contributed by atoms with Gasteiger partial charge in [-0.1, -0.05) is 18.3 Å². The molecule has 0 aliphatic carbocycles. The first-order valence-corrected chi connectivity index (χ1v) is 5.79. The van der Waals surface area contributed by atoms with Gasteiger partial charge < -0.3 is 5.32 Å². The Morgan fingerprint density at radius 3 is 3.20 bits per heavy atom. The molecule has 0 saturated heterocycles. The second-order valence-corrected chi connectivity index (χ2v) is 3.98. The van der Waals surface area contributed by atoms with Crippen molar-refractivity contribution in [2.24, 2.45) is 0 Å². The van der Waals surface area contributed by atoms with Gasteiger partial charge >= 0.3 is 0 Å². The Bertz CT molecular complexity index is 394. The maximum absolute atomic E-state index is 4.25. The van der Waals surface area contributed by atoms with E-state index >= 15 is 0 Å². The van der Waals surface area contributed by atoms with Crippen molar-refractivity contribution >= 4 is 16.5 Å². The maximum Gasteiger partial charge on any atom is 0.205 e. The summed E-state index contributed by atoms with van der Waals surface area (Å²) in [5.74, 6) is 0. The molecule has 15 heavy (non-hydrogen) atoms. The largest absolute Gasteiger partial charge is 0.354 e. The molecule has 80 valence electrons. The van der Waals surface area contributed by atoms with E-state index in [1.807, 2.05) is 16.9 Å². The molecule has 0 aliphatic rings. The van der Waals surface area contributed by atoms with Gasteiger partial charge in [0.1, 0.15) is 5.51 Å². The third-order valence-corrected chi connectivity index (χ3v) is 2.67. The monoisotopic (exact) mass is 223 g/mol. The van der Waals surface area contributed by atoms with Gasteiger partial charge in [-0.3, -0.25) is 4.68 Å². The third-order valence-electron chi connectivity index (χ3n) is 2.02. The Hall–Kier alpha value is -1.43. The van der Waals surface area contributed by atoms with Crippen LogP contribution in [0.2, 0.25) is 0 Å². The summed E-state index contributed by atoms with van der Waals surface area (Å²) in [6, 6.07) is 2.02. The minimum atomic E-state index is 0.745. The van der Waals surface area contributed by atoms with Crippen LogP contribution in [0, 0.1) is 0 Å². The molecule has 0 fully saturated rings. The molecule has 0 bridgehead atoms. The van der Waals surface area contributed by atoms with Crippen molar-refractivity contribution in [2.45, 2.75) is 26.4 Å². The first kappa shape index (κ1) is 10.1. The molecule has 1 N–H and O–H groups in total. The highest BCUT2D eigenvalue weighted by atomic mass is 32.1. The van der Waals surface area contributed by atoms with Crippen LogP contribution in [0.1, 0.15) is 19.0 Å². The molecule has 0 radical (unpaired) electrons. The fraction of sp³-hybridized carbons (Fsp3) is 0.444. The van der Waals surface area contributed by atoms with Gasteiger partial charge in [-0.05, 0) is 12.5 Å². The van der Waals surface area contributed by atoms with E-state index in [4.69, 9.17) is 0 Å². The lowest BCUT2D eigenvalue weighted by atomic mass is 10.4. The normalized spacial score (nSPS) is 10.5. The topological polar surface area (TPSA) is 55.6 Å². The average Bonchev–Trinajstić information content (AvgIpc) is 2.85. The lowest BCUT2D eigenvalue weighted by Crippen LogP contribution is -2.08. The van der Waals surface area contributed by atoms with Gasteiger partial charge in [0, 0.05) is 12.7 Å².